The fourth-order valence-electron chi connectivity index (χ4n) is 4.30. The van der Waals surface area contributed by atoms with Gasteiger partial charge in [0.25, 0.3) is 0 Å². The van der Waals surface area contributed by atoms with Crippen LogP contribution >= 0.6 is 11.3 Å². The van der Waals surface area contributed by atoms with Crippen LogP contribution in [-0.2, 0) is 29.0 Å². The van der Waals surface area contributed by atoms with E-state index in [1.807, 2.05) is 29.2 Å². The van der Waals surface area contributed by atoms with Crippen LogP contribution in [-0.4, -0.2) is 56.7 Å². The van der Waals surface area contributed by atoms with Gasteiger partial charge in [-0.15, -0.1) is 11.3 Å². The van der Waals surface area contributed by atoms with Crippen molar-refractivity contribution in [2.45, 2.75) is 58.5 Å². The molecule has 0 aliphatic carbocycles. The van der Waals surface area contributed by atoms with Crippen molar-refractivity contribution in [3.8, 4) is 0 Å². The van der Waals surface area contributed by atoms with Gasteiger partial charge < -0.3 is 15.1 Å². The van der Waals surface area contributed by atoms with E-state index in [0.29, 0.717) is 31.8 Å². The van der Waals surface area contributed by atoms with Crippen LogP contribution in [0, 0.1) is 6.92 Å². The number of likely N-dealkylation sites (tertiary alicyclic amines) is 1. The Morgan fingerprint density at radius 2 is 2.07 bits per heavy atom. The fraction of sp³-hybridized carbons (Fsp3) is 0.571. The summed E-state index contributed by atoms with van der Waals surface area (Å²) in [4.78, 5) is 42.8. The number of nitrogens with one attached hydrogen (secondary N) is 1. The van der Waals surface area contributed by atoms with Gasteiger partial charge in [-0.05, 0) is 26.2 Å². The van der Waals surface area contributed by atoms with Crippen molar-refractivity contribution in [3.05, 3.63) is 33.2 Å². The molecule has 2 amide bonds. The smallest absolute Gasteiger partial charge is 0.229 e. The summed E-state index contributed by atoms with van der Waals surface area (Å²) < 4.78 is 0. The molecule has 8 nitrogen and oxygen atoms in total. The minimum absolute atomic E-state index is 0.0631. The van der Waals surface area contributed by atoms with Gasteiger partial charge in [0.1, 0.15) is 5.82 Å². The average Bonchev–Trinajstić information content (AvgIpc) is 3.16. The maximum atomic E-state index is 13.1. The molecule has 1 atom stereocenters. The molecule has 0 aromatic carbocycles. The van der Waals surface area contributed by atoms with E-state index in [4.69, 9.17) is 9.97 Å². The molecular formula is C21H28N6O2S. The van der Waals surface area contributed by atoms with Gasteiger partial charge in [0.05, 0.1) is 35.4 Å². The molecule has 160 valence electrons. The Bertz CT molecular complexity index is 942. The molecule has 0 saturated carbocycles. The van der Waals surface area contributed by atoms with Crippen molar-refractivity contribution in [2.24, 2.45) is 0 Å². The number of carbonyl (C=O) groups excluding carboxylic acids is 2. The van der Waals surface area contributed by atoms with Crippen LogP contribution in [0.3, 0.4) is 0 Å². The second-order valence-corrected chi connectivity index (χ2v) is 8.99. The Morgan fingerprint density at radius 3 is 2.77 bits per heavy atom. The summed E-state index contributed by atoms with van der Waals surface area (Å²) in [6.45, 7) is 5.46. The van der Waals surface area contributed by atoms with Crippen LogP contribution < -0.4 is 5.32 Å². The van der Waals surface area contributed by atoms with Crippen molar-refractivity contribution in [3.63, 3.8) is 0 Å². The molecule has 2 aliphatic heterocycles. The largest absolute Gasteiger partial charge is 0.373 e. The topological polar surface area (TPSA) is 91.3 Å². The number of thiazole rings is 1. The molecule has 1 fully saturated rings. The van der Waals surface area contributed by atoms with E-state index in [1.54, 1.807) is 18.3 Å². The quantitative estimate of drug-likeness (QED) is 0.805. The minimum atomic E-state index is -0.116. The lowest BCUT2D eigenvalue weighted by Crippen LogP contribution is -2.41. The number of rotatable bonds is 4. The number of carbonyl (C=O) groups is 2. The normalized spacial score (nSPS) is 18.8. The van der Waals surface area contributed by atoms with E-state index in [9.17, 15) is 9.59 Å². The SMILES string of the molecule is CNc1nc(C2CCCCN2C(=O)Cc2csc(C)n2)nc2c1CN(C(C)=O)CC2. The highest BCUT2D eigenvalue weighted by molar-refractivity contribution is 7.09. The van der Waals surface area contributed by atoms with Gasteiger partial charge >= 0.3 is 0 Å². The summed E-state index contributed by atoms with van der Waals surface area (Å²) >= 11 is 1.57. The third kappa shape index (κ3) is 4.16. The fourth-order valence-corrected chi connectivity index (χ4v) is 4.91. The van der Waals surface area contributed by atoms with E-state index < -0.39 is 0 Å². The third-order valence-corrected chi connectivity index (χ3v) is 6.70. The monoisotopic (exact) mass is 428 g/mol. The number of hydrogen-bond acceptors (Lipinski definition) is 7. The summed E-state index contributed by atoms with van der Waals surface area (Å²) in [6.07, 6.45) is 3.94. The van der Waals surface area contributed by atoms with Crippen molar-refractivity contribution in [1.82, 2.24) is 24.8 Å². The summed E-state index contributed by atoms with van der Waals surface area (Å²) in [5.74, 6) is 1.61. The van der Waals surface area contributed by atoms with Crippen molar-refractivity contribution in [2.75, 3.05) is 25.5 Å². The number of fused-ring (bicyclic) bond motifs is 1. The molecule has 2 aliphatic rings. The molecule has 1 unspecified atom stereocenters. The van der Waals surface area contributed by atoms with Crippen LogP contribution in [0.5, 0.6) is 0 Å². The highest BCUT2D eigenvalue weighted by Gasteiger charge is 2.32. The van der Waals surface area contributed by atoms with Gasteiger partial charge in [-0.2, -0.15) is 0 Å². The van der Waals surface area contributed by atoms with Crippen LogP contribution in [0.25, 0.3) is 0 Å². The number of hydrogen-bond donors (Lipinski definition) is 1. The van der Waals surface area contributed by atoms with E-state index in [1.165, 1.54) is 0 Å². The Kier molecular flexibility index (Phi) is 5.99. The molecule has 30 heavy (non-hydrogen) atoms. The highest BCUT2D eigenvalue weighted by Crippen LogP contribution is 2.33. The molecule has 4 rings (SSSR count). The van der Waals surface area contributed by atoms with Crippen molar-refractivity contribution < 1.29 is 9.59 Å². The first kappa shape index (κ1) is 20.7. The lowest BCUT2D eigenvalue weighted by atomic mass is 9.99. The van der Waals surface area contributed by atoms with E-state index in [2.05, 4.69) is 10.3 Å². The van der Waals surface area contributed by atoms with Crippen LogP contribution in [0.2, 0.25) is 0 Å². The molecule has 1 saturated heterocycles. The molecule has 2 aromatic heterocycles. The molecule has 2 aromatic rings. The number of anilines is 1. The molecule has 9 heteroatoms. The van der Waals surface area contributed by atoms with Gasteiger partial charge in [0.15, 0.2) is 5.82 Å². The van der Waals surface area contributed by atoms with Gasteiger partial charge in [-0.1, -0.05) is 0 Å². The summed E-state index contributed by atoms with van der Waals surface area (Å²) in [5, 5.41) is 6.12. The van der Waals surface area contributed by atoms with Gasteiger partial charge in [0, 0.05) is 44.4 Å². The van der Waals surface area contributed by atoms with Gasteiger partial charge in [0.2, 0.25) is 11.8 Å². The predicted octanol–water partition coefficient (Wildman–Crippen LogP) is 2.48. The first-order chi connectivity index (χ1) is 14.5. The zero-order valence-electron chi connectivity index (χ0n) is 17.8. The lowest BCUT2D eigenvalue weighted by Gasteiger charge is -2.36. The second-order valence-electron chi connectivity index (χ2n) is 7.93. The molecule has 0 bridgehead atoms. The Morgan fingerprint density at radius 1 is 1.23 bits per heavy atom. The van der Waals surface area contributed by atoms with Crippen molar-refractivity contribution in [1.29, 1.82) is 0 Å². The van der Waals surface area contributed by atoms with E-state index >= 15 is 0 Å². The maximum Gasteiger partial charge on any atom is 0.229 e. The first-order valence-electron chi connectivity index (χ1n) is 10.5. The zero-order chi connectivity index (χ0) is 21.3. The van der Waals surface area contributed by atoms with E-state index in [0.717, 1.165) is 53.6 Å². The number of piperidine rings is 1. The third-order valence-electron chi connectivity index (χ3n) is 5.88. The predicted molar refractivity (Wildman–Crippen MR) is 115 cm³/mol. The highest BCUT2D eigenvalue weighted by atomic mass is 32.1. The van der Waals surface area contributed by atoms with Crippen molar-refractivity contribution >= 4 is 29.0 Å². The van der Waals surface area contributed by atoms with Gasteiger partial charge in [-0.25, -0.2) is 15.0 Å². The lowest BCUT2D eigenvalue weighted by molar-refractivity contribution is -0.134. The van der Waals surface area contributed by atoms with E-state index in [-0.39, 0.29) is 17.9 Å². The minimum Gasteiger partial charge on any atom is -0.373 e. The zero-order valence-corrected chi connectivity index (χ0v) is 18.6. The molecule has 4 heterocycles. The first-order valence-corrected chi connectivity index (χ1v) is 11.4. The molecular weight excluding hydrogens is 400 g/mol. The van der Waals surface area contributed by atoms with Crippen LogP contribution in [0.15, 0.2) is 5.38 Å². The second kappa shape index (κ2) is 8.67. The van der Waals surface area contributed by atoms with Crippen LogP contribution in [0.1, 0.15) is 60.0 Å². The molecule has 1 N–H and O–H groups in total. The van der Waals surface area contributed by atoms with Gasteiger partial charge in [-0.3, -0.25) is 9.59 Å². The number of aromatic nitrogens is 3. The number of aryl methyl sites for hydroxylation is 1. The average molecular weight is 429 g/mol. The molecule has 0 spiro atoms. The Hall–Kier alpha value is -2.55. The Balaban J connectivity index is 1.61. The maximum absolute atomic E-state index is 13.1. The summed E-state index contributed by atoms with van der Waals surface area (Å²) in [6, 6.07) is -0.116. The Labute approximate surface area is 180 Å². The number of nitrogens with zero attached hydrogens (tertiary/aromatic N) is 5. The summed E-state index contributed by atoms with van der Waals surface area (Å²) in [7, 11) is 1.84. The van der Waals surface area contributed by atoms with Crippen LogP contribution in [0.4, 0.5) is 5.82 Å². The standard InChI is InChI=1S/C21H28N6O2S/c1-13-23-15(12-30-13)10-19(29)27-8-5-4-6-18(27)21-24-17-7-9-26(14(2)28)11-16(17)20(22-3)25-21/h12,18H,4-11H2,1-3H3,(H,22,24,25). The number of amides is 2. The molecule has 0 radical (unpaired) electrons. The summed E-state index contributed by atoms with van der Waals surface area (Å²) in [5.41, 5.74) is 2.79.